The van der Waals surface area contributed by atoms with E-state index in [-0.39, 0.29) is 11.6 Å². The fraction of sp³-hybridized carbons (Fsp3) is 0.263. The van der Waals surface area contributed by atoms with Crippen molar-refractivity contribution in [3.63, 3.8) is 0 Å². The van der Waals surface area contributed by atoms with Gasteiger partial charge in [0.15, 0.2) is 0 Å². The monoisotopic (exact) mass is 309 g/mol. The first-order chi connectivity index (χ1) is 11.0. The second kappa shape index (κ2) is 5.88. The first-order valence-electron chi connectivity index (χ1n) is 7.71. The van der Waals surface area contributed by atoms with E-state index in [4.69, 9.17) is 5.11 Å². The zero-order valence-electron chi connectivity index (χ0n) is 13.2. The molecule has 1 fully saturated rings. The van der Waals surface area contributed by atoms with E-state index in [1.165, 1.54) is 17.2 Å². The third-order valence-corrected chi connectivity index (χ3v) is 4.27. The van der Waals surface area contributed by atoms with Crippen LogP contribution in [0.25, 0.3) is 17.3 Å². The van der Waals surface area contributed by atoms with Crippen molar-refractivity contribution in [3.05, 3.63) is 63.5 Å². The molecule has 1 aromatic heterocycles. The molecule has 0 spiro atoms. The van der Waals surface area contributed by atoms with E-state index in [0.717, 1.165) is 30.2 Å². The predicted octanol–water partition coefficient (Wildman–Crippen LogP) is 3.56. The van der Waals surface area contributed by atoms with Gasteiger partial charge in [-0.05, 0) is 67.7 Å². The lowest BCUT2D eigenvalue weighted by Gasteiger charge is -2.14. The molecule has 2 aromatic rings. The summed E-state index contributed by atoms with van der Waals surface area (Å²) in [5.74, 6) is -1.05. The molecule has 1 saturated carbocycles. The maximum atomic E-state index is 12.7. The van der Waals surface area contributed by atoms with E-state index in [2.05, 4.69) is 26.0 Å². The van der Waals surface area contributed by atoms with Crippen LogP contribution >= 0.6 is 0 Å². The molecule has 23 heavy (non-hydrogen) atoms. The van der Waals surface area contributed by atoms with Crippen LogP contribution in [0.1, 0.15) is 35.6 Å². The molecule has 0 radical (unpaired) electrons. The summed E-state index contributed by atoms with van der Waals surface area (Å²) in [6, 6.07) is 10.0. The Kier molecular flexibility index (Phi) is 3.90. The van der Waals surface area contributed by atoms with Gasteiger partial charge in [-0.2, -0.15) is 0 Å². The van der Waals surface area contributed by atoms with Crippen molar-refractivity contribution in [2.24, 2.45) is 0 Å². The van der Waals surface area contributed by atoms with Crippen LogP contribution in [0.2, 0.25) is 0 Å². The molecule has 118 valence electrons. The molecule has 0 saturated heterocycles. The van der Waals surface area contributed by atoms with Crippen LogP contribution in [0, 0.1) is 13.8 Å². The SMILES string of the molecule is Cc1ccc(-c2ccc(/C=C/C(=O)O)c(=O)n2C2CC2)cc1C. The fourth-order valence-corrected chi connectivity index (χ4v) is 2.69. The van der Waals surface area contributed by atoms with Gasteiger partial charge < -0.3 is 9.67 Å². The van der Waals surface area contributed by atoms with Gasteiger partial charge in [0.1, 0.15) is 0 Å². The second-order valence-corrected chi connectivity index (χ2v) is 6.05. The van der Waals surface area contributed by atoms with Crippen molar-refractivity contribution in [1.82, 2.24) is 4.57 Å². The number of pyridine rings is 1. The van der Waals surface area contributed by atoms with Gasteiger partial charge >= 0.3 is 5.97 Å². The maximum absolute atomic E-state index is 12.7. The molecule has 0 unspecified atom stereocenters. The van der Waals surface area contributed by atoms with Gasteiger partial charge in [0, 0.05) is 17.7 Å². The fourth-order valence-electron chi connectivity index (χ4n) is 2.69. The highest BCUT2D eigenvalue weighted by Crippen LogP contribution is 2.37. The minimum absolute atomic E-state index is 0.124. The van der Waals surface area contributed by atoms with Crippen LogP contribution in [-0.2, 0) is 4.79 Å². The largest absolute Gasteiger partial charge is 0.478 e. The Morgan fingerprint density at radius 3 is 2.52 bits per heavy atom. The topological polar surface area (TPSA) is 59.3 Å². The Bertz CT molecular complexity index is 857. The maximum Gasteiger partial charge on any atom is 0.328 e. The first-order valence-corrected chi connectivity index (χ1v) is 7.71. The number of carboxylic acids is 1. The van der Waals surface area contributed by atoms with Crippen LogP contribution in [0.15, 0.2) is 41.2 Å². The molecule has 1 N–H and O–H groups in total. The van der Waals surface area contributed by atoms with E-state index in [0.29, 0.717) is 5.56 Å². The summed E-state index contributed by atoms with van der Waals surface area (Å²) >= 11 is 0. The van der Waals surface area contributed by atoms with E-state index >= 15 is 0 Å². The molecule has 4 heteroatoms. The number of nitrogens with zero attached hydrogens (tertiary/aromatic N) is 1. The van der Waals surface area contributed by atoms with E-state index in [1.807, 2.05) is 16.7 Å². The average molecular weight is 309 g/mol. The standard InChI is InChI=1S/C19H19NO3/c1-12-3-4-15(11-13(12)2)17-9-5-14(6-10-18(21)22)19(23)20(17)16-7-8-16/h3-6,9-11,16H,7-8H2,1-2H3,(H,21,22)/b10-6+. The molecule has 1 heterocycles. The number of hydrogen-bond donors (Lipinski definition) is 1. The summed E-state index contributed by atoms with van der Waals surface area (Å²) in [6.45, 7) is 4.12. The summed E-state index contributed by atoms with van der Waals surface area (Å²) in [5, 5.41) is 8.75. The number of hydrogen-bond acceptors (Lipinski definition) is 2. The Morgan fingerprint density at radius 1 is 1.17 bits per heavy atom. The molecular weight excluding hydrogens is 290 g/mol. The molecular formula is C19H19NO3. The molecule has 3 rings (SSSR count). The lowest BCUT2D eigenvalue weighted by atomic mass is 10.0. The minimum Gasteiger partial charge on any atom is -0.478 e. The molecule has 0 atom stereocenters. The highest BCUT2D eigenvalue weighted by Gasteiger charge is 2.27. The minimum atomic E-state index is -1.05. The second-order valence-electron chi connectivity index (χ2n) is 6.05. The van der Waals surface area contributed by atoms with Gasteiger partial charge in [0.2, 0.25) is 0 Å². The molecule has 1 aromatic carbocycles. The molecule has 0 aliphatic heterocycles. The lowest BCUT2D eigenvalue weighted by molar-refractivity contribution is -0.131. The van der Waals surface area contributed by atoms with Crippen molar-refractivity contribution >= 4 is 12.0 Å². The summed E-state index contributed by atoms with van der Waals surface area (Å²) < 4.78 is 1.81. The van der Waals surface area contributed by atoms with Crippen LogP contribution in [0.5, 0.6) is 0 Å². The molecule has 1 aliphatic rings. The summed E-state index contributed by atoms with van der Waals surface area (Å²) in [5.41, 5.74) is 4.61. The zero-order chi connectivity index (χ0) is 16.6. The van der Waals surface area contributed by atoms with Crippen molar-refractivity contribution in [1.29, 1.82) is 0 Å². The third-order valence-electron chi connectivity index (χ3n) is 4.27. The summed E-state index contributed by atoms with van der Waals surface area (Å²) in [6.07, 6.45) is 4.35. The van der Waals surface area contributed by atoms with Crippen molar-refractivity contribution in [2.45, 2.75) is 32.7 Å². The number of carbonyl (C=O) groups is 1. The van der Waals surface area contributed by atoms with Crippen LogP contribution in [0.4, 0.5) is 0 Å². The number of aromatic nitrogens is 1. The Balaban J connectivity index is 2.14. The number of aliphatic carboxylic acids is 1. The summed E-state index contributed by atoms with van der Waals surface area (Å²) in [4.78, 5) is 23.4. The van der Waals surface area contributed by atoms with Gasteiger partial charge in [0.25, 0.3) is 5.56 Å². The van der Waals surface area contributed by atoms with Gasteiger partial charge in [-0.25, -0.2) is 4.79 Å². The van der Waals surface area contributed by atoms with Crippen molar-refractivity contribution in [2.75, 3.05) is 0 Å². The number of benzene rings is 1. The predicted molar refractivity (Wildman–Crippen MR) is 90.6 cm³/mol. The van der Waals surface area contributed by atoms with Crippen LogP contribution < -0.4 is 5.56 Å². The van der Waals surface area contributed by atoms with Crippen LogP contribution in [-0.4, -0.2) is 15.6 Å². The average Bonchev–Trinajstić information content (AvgIpc) is 3.33. The van der Waals surface area contributed by atoms with E-state index < -0.39 is 5.97 Å². The van der Waals surface area contributed by atoms with Crippen LogP contribution in [0.3, 0.4) is 0 Å². The van der Waals surface area contributed by atoms with Crippen molar-refractivity contribution < 1.29 is 9.90 Å². The Hall–Kier alpha value is -2.62. The quantitative estimate of drug-likeness (QED) is 0.878. The molecule has 0 amide bonds. The number of rotatable bonds is 4. The van der Waals surface area contributed by atoms with Gasteiger partial charge in [0.05, 0.1) is 5.69 Å². The zero-order valence-corrected chi connectivity index (χ0v) is 13.2. The van der Waals surface area contributed by atoms with Gasteiger partial charge in [-0.3, -0.25) is 4.79 Å². The third kappa shape index (κ3) is 3.11. The molecule has 0 bridgehead atoms. The smallest absolute Gasteiger partial charge is 0.328 e. The Labute approximate surface area is 134 Å². The van der Waals surface area contributed by atoms with E-state index in [9.17, 15) is 9.59 Å². The van der Waals surface area contributed by atoms with Gasteiger partial charge in [-0.15, -0.1) is 0 Å². The van der Waals surface area contributed by atoms with E-state index in [1.54, 1.807) is 6.07 Å². The molecule has 4 nitrogen and oxygen atoms in total. The first kappa shape index (κ1) is 15.3. The lowest BCUT2D eigenvalue weighted by Crippen LogP contribution is -2.22. The molecule has 1 aliphatic carbocycles. The normalized spacial score (nSPS) is 14.3. The number of carboxylic acid groups (broad SMARTS) is 1. The summed E-state index contributed by atoms with van der Waals surface area (Å²) in [7, 11) is 0. The highest BCUT2D eigenvalue weighted by atomic mass is 16.4. The number of aryl methyl sites for hydroxylation is 2. The van der Waals surface area contributed by atoms with Gasteiger partial charge in [-0.1, -0.05) is 12.1 Å². The highest BCUT2D eigenvalue weighted by molar-refractivity contribution is 5.85. The van der Waals surface area contributed by atoms with Crippen molar-refractivity contribution in [3.8, 4) is 11.3 Å². The Morgan fingerprint density at radius 2 is 1.91 bits per heavy atom.